The lowest BCUT2D eigenvalue weighted by molar-refractivity contribution is 0.0769. The van der Waals surface area contributed by atoms with E-state index in [-0.39, 0.29) is 12.5 Å². The van der Waals surface area contributed by atoms with Crippen molar-refractivity contribution in [2.45, 2.75) is 20.0 Å². The molecule has 4 aromatic rings. The second-order valence-corrected chi connectivity index (χ2v) is 7.20. The summed E-state index contributed by atoms with van der Waals surface area (Å²) in [5.41, 5.74) is 2.48. The molecule has 4 rings (SSSR count). The Bertz CT molecular complexity index is 1180. The molecule has 0 aliphatic rings. The number of methoxy groups -OCH3 is 1. The lowest BCUT2D eigenvalue weighted by Gasteiger charge is -2.15. The number of aromatic nitrogens is 4. The van der Waals surface area contributed by atoms with Crippen LogP contribution in [0.2, 0.25) is 0 Å². The maximum Gasteiger partial charge on any atom is 0.254 e. The van der Waals surface area contributed by atoms with Gasteiger partial charge in [-0.15, -0.1) is 0 Å². The van der Waals surface area contributed by atoms with Crippen molar-refractivity contribution in [3.05, 3.63) is 83.8 Å². The molecule has 0 aliphatic heterocycles. The summed E-state index contributed by atoms with van der Waals surface area (Å²) in [6.45, 7) is 2.89. The minimum absolute atomic E-state index is 0.119. The molecule has 0 unspecified atom stereocenters. The lowest BCUT2D eigenvalue weighted by Crippen LogP contribution is -2.26. The summed E-state index contributed by atoms with van der Waals surface area (Å²) < 4.78 is 12.6. The number of nitrogens with zero attached hydrogens (tertiary/aromatic N) is 5. The van der Waals surface area contributed by atoms with Crippen LogP contribution in [-0.2, 0) is 13.1 Å². The molecule has 0 fully saturated rings. The van der Waals surface area contributed by atoms with E-state index in [0.717, 1.165) is 17.0 Å². The summed E-state index contributed by atoms with van der Waals surface area (Å²) in [5.74, 6) is 2.36. The highest BCUT2D eigenvalue weighted by Crippen LogP contribution is 2.21. The van der Waals surface area contributed by atoms with E-state index in [1.165, 1.54) is 0 Å². The van der Waals surface area contributed by atoms with Crippen LogP contribution in [0.25, 0.3) is 11.4 Å². The van der Waals surface area contributed by atoms with Crippen molar-refractivity contribution in [2.75, 3.05) is 14.2 Å². The number of hydrogen-bond acceptors (Lipinski definition) is 6. The van der Waals surface area contributed by atoms with E-state index in [1.807, 2.05) is 61.7 Å². The molecule has 2 aromatic carbocycles. The Morgan fingerprint density at radius 2 is 2.00 bits per heavy atom. The van der Waals surface area contributed by atoms with Crippen LogP contribution in [0.15, 0.2) is 65.4 Å². The fourth-order valence-corrected chi connectivity index (χ4v) is 3.21. The predicted octanol–water partition coefficient (Wildman–Crippen LogP) is 3.57. The van der Waals surface area contributed by atoms with Gasteiger partial charge in [0.25, 0.3) is 5.91 Å². The Labute approximate surface area is 180 Å². The molecule has 0 bridgehead atoms. The largest absolute Gasteiger partial charge is 0.497 e. The van der Waals surface area contributed by atoms with Gasteiger partial charge in [-0.2, -0.15) is 4.98 Å². The van der Waals surface area contributed by atoms with Crippen molar-refractivity contribution >= 4 is 5.91 Å². The monoisotopic (exact) mass is 417 g/mol. The Hall–Kier alpha value is -3.94. The number of carbonyl (C=O) groups is 1. The minimum Gasteiger partial charge on any atom is -0.497 e. The molecule has 8 heteroatoms. The number of benzene rings is 2. The average molecular weight is 417 g/mol. The van der Waals surface area contributed by atoms with Crippen LogP contribution in [0.3, 0.4) is 0 Å². The van der Waals surface area contributed by atoms with Crippen LogP contribution in [0.5, 0.6) is 5.75 Å². The summed E-state index contributed by atoms with van der Waals surface area (Å²) in [4.78, 5) is 23.0. The van der Waals surface area contributed by atoms with Crippen molar-refractivity contribution in [2.24, 2.45) is 0 Å². The van der Waals surface area contributed by atoms with E-state index in [4.69, 9.17) is 9.26 Å². The smallest absolute Gasteiger partial charge is 0.254 e. The molecule has 0 aliphatic carbocycles. The van der Waals surface area contributed by atoms with Gasteiger partial charge in [-0.25, -0.2) is 4.98 Å². The zero-order valence-electron chi connectivity index (χ0n) is 17.6. The fraction of sp³-hybridized carbons (Fsp3) is 0.217. The Kier molecular flexibility index (Phi) is 5.79. The molecule has 2 aromatic heterocycles. The van der Waals surface area contributed by atoms with Gasteiger partial charge >= 0.3 is 0 Å². The number of imidazole rings is 1. The van der Waals surface area contributed by atoms with Gasteiger partial charge in [0.1, 0.15) is 11.6 Å². The number of hydrogen-bond donors (Lipinski definition) is 0. The molecular weight excluding hydrogens is 394 g/mol. The first-order valence-electron chi connectivity index (χ1n) is 9.82. The van der Waals surface area contributed by atoms with Crippen LogP contribution < -0.4 is 4.74 Å². The molecule has 2 heterocycles. The maximum absolute atomic E-state index is 12.8. The third kappa shape index (κ3) is 4.63. The van der Waals surface area contributed by atoms with E-state index in [0.29, 0.717) is 29.6 Å². The number of carbonyl (C=O) groups excluding carboxylic acids is 1. The number of aryl methyl sites for hydroxylation is 1. The number of ether oxygens (including phenoxy) is 1. The highest BCUT2D eigenvalue weighted by atomic mass is 16.5. The van der Waals surface area contributed by atoms with Crippen molar-refractivity contribution in [1.29, 1.82) is 0 Å². The van der Waals surface area contributed by atoms with Gasteiger partial charge in [0.15, 0.2) is 0 Å². The molecule has 0 radical (unpaired) electrons. The first kappa shape index (κ1) is 20.3. The van der Waals surface area contributed by atoms with Gasteiger partial charge in [-0.1, -0.05) is 29.4 Å². The van der Waals surface area contributed by atoms with E-state index in [2.05, 4.69) is 19.7 Å². The maximum atomic E-state index is 12.8. The van der Waals surface area contributed by atoms with E-state index in [1.54, 1.807) is 25.3 Å². The zero-order chi connectivity index (χ0) is 21.8. The number of rotatable bonds is 7. The van der Waals surface area contributed by atoms with Gasteiger partial charge in [-0.05, 0) is 36.8 Å². The van der Waals surface area contributed by atoms with E-state index >= 15 is 0 Å². The molecular formula is C23H23N5O3. The predicted molar refractivity (Wildman–Crippen MR) is 115 cm³/mol. The standard InChI is InChI=1S/C23H23N5O3/c1-16-24-11-12-28(16)14-17-7-9-18(10-8-17)23(29)27(2)15-21-25-22(26-31-21)19-5-4-6-20(13-19)30-3/h4-13H,14-15H2,1-3H3. The molecule has 0 spiro atoms. The van der Waals surface area contributed by atoms with Crippen molar-refractivity contribution < 1.29 is 14.1 Å². The van der Waals surface area contributed by atoms with Crippen LogP contribution in [0, 0.1) is 6.92 Å². The van der Waals surface area contributed by atoms with Gasteiger partial charge in [0.05, 0.1) is 13.7 Å². The third-order valence-electron chi connectivity index (χ3n) is 4.99. The average Bonchev–Trinajstić information content (AvgIpc) is 3.43. The molecule has 1 amide bonds. The molecule has 0 saturated heterocycles. The third-order valence-corrected chi connectivity index (χ3v) is 4.99. The van der Waals surface area contributed by atoms with Crippen molar-refractivity contribution in [3.63, 3.8) is 0 Å². The minimum atomic E-state index is -0.119. The van der Waals surface area contributed by atoms with Crippen LogP contribution in [-0.4, -0.2) is 44.7 Å². The van der Waals surface area contributed by atoms with E-state index < -0.39 is 0 Å². The molecule has 0 atom stereocenters. The zero-order valence-corrected chi connectivity index (χ0v) is 17.6. The first-order valence-corrected chi connectivity index (χ1v) is 9.82. The summed E-state index contributed by atoms with van der Waals surface area (Å²) in [7, 11) is 3.31. The molecule has 0 N–H and O–H groups in total. The summed E-state index contributed by atoms with van der Waals surface area (Å²) in [6, 6.07) is 15.0. The molecule has 158 valence electrons. The molecule has 0 saturated carbocycles. The van der Waals surface area contributed by atoms with Crippen molar-refractivity contribution in [3.8, 4) is 17.1 Å². The Morgan fingerprint density at radius 1 is 1.19 bits per heavy atom. The van der Waals surface area contributed by atoms with Gasteiger partial charge in [0, 0.05) is 37.1 Å². The highest BCUT2D eigenvalue weighted by molar-refractivity contribution is 5.94. The normalized spacial score (nSPS) is 10.8. The summed E-state index contributed by atoms with van der Waals surface area (Å²) >= 11 is 0. The number of amides is 1. The second-order valence-electron chi connectivity index (χ2n) is 7.20. The summed E-state index contributed by atoms with van der Waals surface area (Å²) in [5, 5.41) is 4.01. The first-order chi connectivity index (χ1) is 15.0. The van der Waals surface area contributed by atoms with Crippen molar-refractivity contribution in [1.82, 2.24) is 24.6 Å². The quantitative estimate of drug-likeness (QED) is 0.457. The lowest BCUT2D eigenvalue weighted by atomic mass is 10.1. The second kappa shape index (κ2) is 8.83. The molecule has 8 nitrogen and oxygen atoms in total. The Morgan fingerprint density at radius 3 is 2.71 bits per heavy atom. The Balaban J connectivity index is 1.40. The van der Waals surface area contributed by atoms with Gasteiger partial charge < -0.3 is 18.7 Å². The fourth-order valence-electron chi connectivity index (χ4n) is 3.21. The van der Waals surface area contributed by atoms with Gasteiger partial charge in [-0.3, -0.25) is 4.79 Å². The van der Waals surface area contributed by atoms with Crippen LogP contribution >= 0.6 is 0 Å². The van der Waals surface area contributed by atoms with Crippen LogP contribution in [0.1, 0.15) is 27.6 Å². The molecule has 31 heavy (non-hydrogen) atoms. The SMILES string of the molecule is COc1cccc(-c2noc(CN(C)C(=O)c3ccc(Cn4ccnc4C)cc3)n2)c1. The topological polar surface area (TPSA) is 86.3 Å². The van der Waals surface area contributed by atoms with Gasteiger partial charge in [0.2, 0.25) is 11.7 Å². The highest BCUT2D eigenvalue weighted by Gasteiger charge is 2.16. The summed E-state index contributed by atoms with van der Waals surface area (Å²) in [6.07, 6.45) is 3.71. The van der Waals surface area contributed by atoms with E-state index in [9.17, 15) is 4.79 Å². The van der Waals surface area contributed by atoms with Crippen LogP contribution in [0.4, 0.5) is 0 Å².